The molecule has 90 valence electrons. The van der Waals surface area contributed by atoms with Crippen LogP contribution in [0.2, 0.25) is 0 Å². The van der Waals surface area contributed by atoms with Crippen LogP contribution < -0.4 is 5.32 Å². The molecular formula is C10H11N3O2S2. The van der Waals surface area contributed by atoms with Crippen molar-refractivity contribution in [3.8, 4) is 0 Å². The number of aromatic nitrogens is 2. The van der Waals surface area contributed by atoms with Gasteiger partial charge >= 0.3 is 0 Å². The van der Waals surface area contributed by atoms with Crippen molar-refractivity contribution in [2.24, 2.45) is 0 Å². The lowest BCUT2D eigenvalue weighted by Gasteiger charge is -2.03. The van der Waals surface area contributed by atoms with Crippen molar-refractivity contribution in [2.45, 2.75) is 24.2 Å². The number of nitrogens with zero attached hydrogens (tertiary/aromatic N) is 2. The Hall–Kier alpha value is -1.18. The second-order valence-electron chi connectivity index (χ2n) is 3.97. The molecule has 0 atom stereocenters. The van der Waals surface area contributed by atoms with E-state index in [1.54, 1.807) is 24.6 Å². The van der Waals surface area contributed by atoms with Crippen molar-refractivity contribution in [1.82, 2.24) is 14.5 Å². The summed E-state index contributed by atoms with van der Waals surface area (Å²) < 4.78 is 26.1. The number of thiophene rings is 1. The Morgan fingerprint density at radius 3 is 2.94 bits per heavy atom. The van der Waals surface area contributed by atoms with Crippen molar-refractivity contribution in [3.63, 3.8) is 0 Å². The topological polar surface area (TPSA) is 64.0 Å². The zero-order chi connectivity index (χ0) is 12.0. The van der Waals surface area contributed by atoms with E-state index in [4.69, 9.17) is 0 Å². The number of fused-ring (bicyclic) bond motifs is 1. The van der Waals surface area contributed by atoms with Crippen LogP contribution in [0.5, 0.6) is 0 Å². The van der Waals surface area contributed by atoms with Crippen molar-refractivity contribution >= 4 is 21.4 Å². The molecule has 2 aromatic rings. The molecule has 3 rings (SSSR count). The van der Waals surface area contributed by atoms with Gasteiger partial charge in [-0.3, -0.25) is 0 Å². The highest BCUT2D eigenvalue weighted by atomic mass is 32.2. The van der Waals surface area contributed by atoms with Gasteiger partial charge in [0.1, 0.15) is 4.21 Å². The summed E-state index contributed by atoms with van der Waals surface area (Å²) in [5.74, 6) is 0. The third-order valence-corrected chi connectivity index (χ3v) is 5.96. The molecule has 1 aliphatic heterocycles. The van der Waals surface area contributed by atoms with Gasteiger partial charge in [0, 0.05) is 24.8 Å². The van der Waals surface area contributed by atoms with E-state index in [0.29, 0.717) is 17.3 Å². The molecule has 0 radical (unpaired) electrons. The van der Waals surface area contributed by atoms with E-state index in [9.17, 15) is 8.42 Å². The molecule has 1 aliphatic rings. The Kier molecular flexibility index (Phi) is 2.35. The largest absolute Gasteiger partial charge is 0.307 e. The van der Waals surface area contributed by atoms with Gasteiger partial charge in [-0.1, -0.05) is 0 Å². The molecule has 1 N–H and O–H groups in total. The first-order chi connectivity index (χ1) is 8.09. The van der Waals surface area contributed by atoms with Crippen LogP contribution >= 0.6 is 11.3 Å². The maximum Gasteiger partial charge on any atom is 0.292 e. The molecule has 17 heavy (non-hydrogen) atoms. The minimum absolute atomic E-state index is 0.367. The van der Waals surface area contributed by atoms with E-state index in [0.717, 1.165) is 20.9 Å². The van der Waals surface area contributed by atoms with Crippen LogP contribution in [0.15, 0.2) is 21.9 Å². The van der Waals surface area contributed by atoms with Gasteiger partial charge in [-0.05, 0) is 23.9 Å². The molecule has 0 saturated carbocycles. The summed E-state index contributed by atoms with van der Waals surface area (Å²) in [5, 5.41) is 9.04. The number of hydrogen-bond acceptors (Lipinski definition) is 5. The van der Waals surface area contributed by atoms with Crippen molar-refractivity contribution in [1.29, 1.82) is 0 Å². The van der Waals surface area contributed by atoms with E-state index in [-0.39, 0.29) is 0 Å². The second kappa shape index (κ2) is 3.66. The number of aryl methyl sites for hydroxylation is 1. The Balaban J connectivity index is 2.12. The minimum atomic E-state index is -3.51. The lowest BCUT2D eigenvalue weighted by atomic mass is 10.3. The van der Waals surface area contributed by atoms with E-state index >= 15 is 0 Å². The average Bonchev–Trinajstić information content (AvgIpc) is 2.89. The van der Waals surface area contributed by atoms with E-state index in [1.165, 1.54) is 11.3 Å². The summed E-state index contributed by atoms with van der Waals surface area (Å²) in [6.45, 7) is 3.12. The first-order valence-electron chi connectivity index (χ1n) is 5.17. The molecule has 7 heteroatoms. The zero-order valence-electron chi connectivity index (χ0n) is 9.17. The van der Waals surface area contributed by atoms with E-state index in [2.05, 4.69) is 10.4 Å². The highest BCUT2D eigenvalue weighted by molar-refractivity contribution is 7.92. The van der Waals surface area contributed by atoms with E-state index < -0.39 is 10.0 Å². The van der Waals surface area contributed by atoms with Crippen LogP contribution in [0.4, 0.5) is 0 Å². The van der Waals surface area contributed by atoms with Crippen LogP contribution in [0.3, 0.4) is 0 Å². The van der Waals surface area contributed by atoms with Crippen LogP contribution in [0.25, 0.3) is 0 Å². The number of nitrogens with one attached hydrogen (secondary N) is 1. The van der Waals surface area contributed by atoms with Gasteiger partial charge in [-0.15, -0.1) is 11.3 Å². The van der Waals surface area contributed by atoms with Gasteiger partial charge in [-0.25, -0.2) is 0 Å². The van der Waals surface area contributed by atoms with Crippen molar-refractivity contribution in [2.75, 3.05) is 0 Å². The molecule has 0 amide bonds. The Labute approximate surface area is 103 Å². The third-order valence-electron chi connectivity index (χ3n) is 2.76. The molecule has 0 aliphatic carbocycles. The van der Waals surface area contributed by atoms with Gasteiger partial charge in [0.2, 0.25) is 0 Å². The Bertz CT molecular complexity index is 648. The molecule has 5 nitrogen and oxygen atoms in total. The van der Waals surface area contributed by atoms with Crippen molar-refractivity contribution in [3.05, 3.63) is 34.5 Å². The predicted molar refractivity (Wildman–Crippen MR) is 64.4 cm³/mol. The maximum atomic E-state index is 12.3. The standard InChI is InChI=1S/C10H11N3O2S2/c1-7-2-3-16-10(7)17(14,15)13-6-8-4-11-5-9(8)12-13/h2-3,6,11H,4-5H2,1H3. The van der Waals surface area contributed by atoms with Crippen molar-refractivity contribution < 1.29 is 8.42 Å². The molecule has 0 aromatic carbocycles. The fourth-order valence-electron chi connectivity index (χ4n) is 1.86. The van der Waals surface area contributed by atoms with E-state index in [1.807, 2.05) is 0 Å². The summed E-state index contributed by atoms with van der Waals surface area (Å²) in [7, 11) is -3.51. The monoisotopic (exact) mass is 269 g/mol. The number of rotatable bonds is 2. The molecule has 2 aromatic heterocycles. The van der Waals surface area contributed by atoms with Crippen LogP contribution in [-0.4, -0.2) is 17.6 Å². The quantitative estimate of drug-likeness (QED) is 0.886. The second-order valence-corrected chi connectivity index (χ2v) is 6.88. The van der Waals surface area contributed by atoms with Gasteiger partial charge < -0.3 is 5.32 Å². The fraction of sp³-hybridized carbons (Fsp3) is 0.300. The van der Waals surface area contributed by atoms with Gasteiger partial charge in [0.25, 0.3) is 10.0 Å². The summed E-state index contributed by atoms with van der Waals surface area (Å²) >= 11 is 1.23. The molecule has 0 saturated heterocycles. The van der Waals surface area contributed by atoms with Crippen LogP contribution in [0.1, 0.15) is 16.8 Å². The zero-order valence-corrected chi connectivity index (χ0v) is 10.8. The molecule has 0 spiro atoms. The lowest BCUT2D eigenvalue weighted by molar-refractivity contribution is 0.579. The average molecular weight is 269 g/mol. The summed E-state index contributed by atoms with van der Waals surface area (Å²) in [4.78, 5) is 0. The van der Waals surface area contributed by atoms with Gasteiger partial charge in [0.15, 0.2) is 0 Å². The predicted octanol–water partition coefficient (Wildman–Crippen LogP) is 1.09. The highest BCUT2D eigenvalue weighted by Crippen LogP contribution is 2.25. The molecule has 0 fully saturated rings. The summed E-state index contributed by atoms with van der Waals surface area (Å²) in [6, 6.07) is 1.80. The van der Waals surface area contributed by atoms with Gasteiger partial charge in [0.05, 0.1) is 5.69 Å². The molecule has 3 heterocycles. The highest BCUT2D eigenvalue weighted by Gasteiger charge is 2.25. The Morgan fingerprint density at radius 2 is 2.29 bits per heavy atom. The minimum Gasteiger partial charge on any atom is -0.307 e. The third kappa shape index (κ3) is 1.62. The normalized spacial score (nSPS) is 15.1. The summed E-state index contributed by atoms with van der Waals surface area (Å²) in [6.07, 6.45) is 1.60. The lowest BCUT2D eigenvalue weighted by Crippen LogP contribution is -2.15. The molecule has 0 unspecified atom stereocenters. The Morgan fingerprint density at radius 1 is 1.47 bits per heavy atom. The summed E-state index contributed by atoms with van der Waals surface area (Å²) in [5.41, 5.74) is 2.55. The molecule has 0 bridgehead atoms. The van der Waals surface area contributed by atoms with Gasteiger partial charge in [-0.2, -0.15) is 17.6 Å². The molecular weight excluding hydrogens is 258 g/mol. The van der Waals surface area contributed by atoms with Crippen LogP contribution in [-0.2, 0) is 23.1 Å². The fourth-order valence-corrected chi connectivity index (χ4v) is 4.51. The smallest absolute Gasteiger partial charge is 0.292 e. The first kappa shape index (κ1) is 10.9. The number of hydrogen-bond donors (Lipinski definition) is 1. The van der Waals surface area contributed by atoms with Crippen LogP contribution in [0, 0.1) is 6.92 Å². The maximum absolute atomic E-state index is 12.3. The first-order valence-corrected chi connectivity index (χ1v) is 7.49. The SMILES string of the molecule is Cc1ccsc1S(=O)(=O)n1cc2c(n1)CNC2.